The zero-order chi connectivity index (χ0) is 10.6. The molecule has 0 saturated carbocycles. The van der Waals surface area contributed by atoms with Crippen molar-refractivity contribution in [2.75, 3.05) is 5.32 Å². The lowest BCUT2D eigenvalue weighted by Crippen LogP contribution is -2.05. The number of rotatable bonds is 3. The molecule has 0 saturated heterocycles. The minimum Gasteiger partial charge on any atom is -0.326 e. The Morgan fingerprint density at radius 3 is 2.79 bits per heavy atom. The zero-order valence-electron chi connectivity index (χ0n) is 8.08. The summed E-state index contributed by atoms with van der Waals surface area (Å²) in [5.41, 5.74) is 2.35. The van der Waals surface area contributed by atoms with E-state index in [2.05, 4.69) is 23.6 Å². The van der Waals surface area contributed by atoms with Gasteiger partial charge >= 0.3 is 0 Å². The van der Waals surface area contributed by atoms with Crippen molar-refractivity contribution in [2.45, 2.75) is 6.92 Å². The molecule has 1 N–H and O–H groups in total. The van der Waals surface area contributed by atoms with Crippen LogP contribution in [0.4, 0.5) is 11.4 Å². The molecule has 0 aliphatic rings. The molecule has 1 amide bonds. The van der Waals surface area contributed by atoms with Crippen molar-refractivity contribution in [2.24, 2.45) is 4.99 Å². The van der Waals surface area contributed by atoms with E-state index >= 15 is 0 Å². The first kappa shape index (κ1) is 10.2. The Morgan fingerprint density at radius 2 is 2.29 bits per heavy atom. The van der Waals surface area contributed by atoms with Crippen LogP contribution in [0, 0.1) is 0 Å². The van der Waals surface area contributed by atoms with Gasteiger partial charge in [0.25, 0.3) is 0 Å². The number of hydrogen-bond donors (Lipinski definition) is 1. The SMILES string of the molecule is C=Cc1cc(NC(C)=O)ccc1N=C. The Hall–Kier alpha value is -1.90. The second kappa shape index (κ2) is 4.37. The minimum atomic E-state index is -0.0978. The van der Waals surface area contributed by atoms with Crippen molar-refractivity contribution >= 4 is 30.1 Å². The first-order valence-corrected chi connectivity index (χ1v) is 4.18. The molecule has 14 heavy (non-hydrogen) atoms. The van der Waals surface area contributed by atoms with Crippen LogP contribution in [0.25, 0.3) is 6.08 Å². The zero-order valence-corrected chi connectivity index (χ0v) is 8.08. The summed E-state index contributed by atoms with van der Waals surface area (Å²) >= 11 is 0. The van der Waals surface area contributed by atoms with E-state index in [1.54, 1.807) is 24.3 Å². The highest BCUT2D eigenvalue weighted by Crippen LogP contribution is 2.23. The number of benzene rings is 1. The average Bonchev–Trinajstić information content (AvgIpc) is 2.16. The van der Waals surface area contributed by atoms with Gasteiger partial charge in [0.1, 0.15) is 0 Å². The number of amides is 1. The van der Waals surface area contributed by atoms with Gasteiger partial charge in [0.2, 0.25) is 5.91 Å². The van der Waals surface area contributed by atoms with Gasteiger partial charge in [-0.1, -0.05) is 12.7 Å². The van der Waals surface area contributed by atoms with Crippen LogP contribution < -0.4 is 5.32 Å². The van der Waals surface area contributed by atoms with Gasteiger partial charge in [-0.15, -0.1) is 0 Å². The van der Waals surface area contributed by atoms with E-state index in [9.17, 15) is 4.79 Å². The van der Waals surface area contributed by atoms with Crippen LogP contribution in [-0.2, 0) is 4.79 Å². The standard InChI is InChI=1S/C11H12N2O/c1-4-9-7-10(13-8(2)14)5-6-11(9)12-3/h4-7H,1,3H2,2H3,(H,13,14). The van der Waals surface area contributed by atoms with E-state index in [-0.39, 0.29) is 5.91 Å². The normalized spacial score (nSPS) is 9.21. The van der Waals surface area contributed by atoms with E-state index in [0.717, 1.165) is 16.9 Å². The van der Waals surface area contributed by atoms with Crippen molar-refractivity contribution in [3.63, 3.8) is 0 Å². The fraction of sp³-hybridized carbons (Fsp3) is 0.0909. The van der Waals surface area contributed by atoms with Crippen LogP contribution in [0.5, 0.6) is 0 Å². The maximum absolute atomic E-state index is 10.8. The molecular formula is C11H12N2O. The van der Waals surface area contributed by atoms with Crippen molar-refractivity contribution in [1.82, 2.24) is 0 Å². The Kier molecular flexibility index (Phi) is 3.18. The molecule has 0 bridgehead atoms. The molecule has 0 aliphatic carbocycles. The molecule has 0 aromatic heterocycles. The predicted octanol–water partition coefficient (Wildman–Crippen LogP) is 2.62. The van der Waals surface area contributed by atoms with Crippen LogP contribution >= 0.6 is 0 Å². The van der Waals surface area contributed by atoms with Crippen molar-refractivity contribution in [1.29, 1.82) is 0 Å². The van der Waals surface area contributed by atoms with Gasteiger partial charge in [0.15, 0.2) is 0 Å². The molecule has 3 heteroatoms. The summed E-state index contributed by atoms with van der Waals surface area (Å²) < 4.78 is 0. The van der Waals surface area contributed by atoms with Crippen LogP contribution in [0.1, 0.15) is 12.5 Å². The maximum atomic E-state index is 10.8. The molecule has 1 aromatic carbocycles. The third-order valence-electron chi connectivity index (χ3n) is 1.74. The fourth-order valence-electron chi connectivity index (χ4n) is 1.14. The molecule has 3 nitrogen and oxygen atoms in total. The molecule has 0 fully saturated rings. The summed E-state index contributed by atoms with van der Waals surface area (Å²) in [4.78, 5) is 14.6. The number of hydrogen-bond acceptors (Lipinski definition) is 2. The molecule has 0 atom stereocenters. The summed E-state index contributed by atoms with van der Waals surface area (Å²) in [6.45, 7) is 8.57. The second-order valence-corrected chi connectivity index (χ2v) is 2.82. The first-order valence-electron chi connectivity index (χ1n) is 4.18. The number of anilines is 1. The number of nitrogens with one attached hydrogen (secondary N) is 1. The van der Waals surface area contributed by atoms with Crippen LogP contribution in [0.15, 0.2) is 29.8 Å². The number of nitrogens with zero attached hydrogens (tertiary/aromatic N) is 1. The molecule has 72 valence electrons. The summed E-state index contributed by atoms with van der Waals surface area (Å²) in [7, 11) is 0. The summed E-state index contributed by atoms with van der Waals surface area (Å²) in [5.74, 6) is -0.0978. The molecule has 0 heterocycles. The third-order valence-corrected chi connectivity index (χ3v) is 1.74. The molecule has 0 aliphatic heterocycles. The number of aliphatic imine (C=N–C) groups is 1. The topological polar surface area (TPSA) is 41.5 Å². The number of carbonyl (C=O) groups is 1. The second-order valence-electron chi connectivity index (χ2n) is 2.82. The van der Waals surface area contributed by atoms with Gasteiger partial charge in [-0.3, -0.25) is 9.79 Å². The van der Waals surface area contributed by atoms with Gasteiger partial charge in [0, 0.05) is 18.2 Å². The smallest absolute Gasteiger partial charge is 0.221 e. The lowest BCUT2D eigenvalue weighted by atomic mass is 10.1. The van der Waals surface area contributed by atoms with Gasteiger partial charge in [-0.25, -0.2) is 0 Å². The molecule has 1 rings (SSSR count). The van der Waals surface area contributed by atoms with Crippen LogP contribution in [0.3, 0.4) is 0 Å². The van der Waals surface area contributed by atoms with Crippen LogP contribution in [-0.4, -0.2) is 12.6 Å². The number of carbonyl (C=O) groups excluding carboxylic acids is 1. The lowest BCUT2D eigenvalue weighted by Gasteiger charge is -2.05. The third kappa shape index (κ3) is 2.29. The predicted molar refractivity (Wildman–Crippen MR) is 60.0 cm³/mol. The Balaban J connectivity index is 3.07. The Labute approximate surface area is 83.2 Å². The van der Waals surface area contributed by atoms with Gasteiger partial charge < -0.3 is 5.32 Å². The van der Waals surface area contributed by atoms with E-state index in [0.29, 0.717) is 0 Å². The molecule has 1 aromatic rings. The van der Waals surface area contributed by atoms with E-state index in [1.165, 1.54) is 6.92 Å². The van der Waals surface area contributed by atoms with Gasteiger partial charge in [-0.2, -0.15) is 0 Å². The van der Waals surface area contributed by atoms with Gasteiger partial charge in [0.05, 0.1) is 5.69 Å². The van der Waals surface area contributed by atoms with E-state index < -0.39 is 0 Å². The molecular weight excluding hydrogens is 176 g/mol. The molecule has 0 spiro atoms. The highest BCUT2D eigenvalue weighted by Gasteiger charge is 2.00. The largest absolute Gasteiger partial charge is 0.326 e. The van der Waals surface area contributed by atoms with Crippen molar-refractivity contribution in [3.8, 4) is 0 Å². The minimum absolute atomic E-state index is 0.0978. The summed E-state index contributed by atoms with van der Waals surface area (Å²) in [6, 6.07) is 5.37. The van der Waals surface area contributed by atoms with E-state index in [1.807, 2.05) is 0 Å². The average molecular weight is 188 g/mol. The fourth-order valence-corrected chi connectivity index (χ4v) is 1.14. The highest BCUT2D eigenvalue weighted by atomic mass is 16.1. The highest BCUT2D eigenvalue weighted by molar-refractivity contribution is 5.89. The summed E-state index contributed by atoms with van der Waals surface area (Å²) in [5, 5.41) is 2.68. The van der Waals surface area contributed by atoms with Crippen LogP contribution in [0.2, 0.25) is 0 Å². The van der Waals surface area contributed by atoms with E-state index in [4.69, 9.17) is 0 Å². The van der Waals surface area contributed by atoms with Gasteiger partial charge in [-0.05, 0) is 24.9 Å². The molecule has 0 radical (unpaired) electrons. The van der Waals surface area contributed by atoms with Crippen molar-refractivity contribution < 1.29 is 4.79 Å². The molecule has 0 unspecified atom stereocenters. The first-order chi connectivity index (χ1) is 6.67. The Morgan fingerprint density at radius 1 is 1.57 bits per heavy atom. The maximum Gasteiger partial charge on any atom is 0.221 e. The lowest BCUT2D eigenvalue weighted by molar-refractivity contribution is -0.114. The Bertz CT molecular complexity index is 383. The monoisotopic (exact) mass is 188 g/mol. The quantitative estimate of drug-likeness (QED) is 0.728. The summed E-state index contributed by atoms with van der Waals surface area (Å²) in [6.07, 6.45) is 1.68. The van der Waals surface area contributed by atoms with Crippen molar-refractivity contribution in [3.05, 3.63) is 30.3 Å².